The molecule has 0 amide bonds. The monoisotopic (exact) mass is 249 g/mol. The first-order chi connectivity index (χ1) is 8.47. The van der Waals surface area contributed by atoms with E-state index < -0.39 is 11.5 Å². The van der Waals surface area contributed by atoms with Gasteiger partial charge >= 0.3 is 0 Å². The van der Waals surface area contributed by atoms with Gasteiger partial charge in [0.15, 0.2) is 0 Å². The lowest BCUT2D eigenvalue weighted by molar-refractivity contribution is -0.0110. The number of aliphatic hydroxyl groups is 1. The predicted molar refractivity (Wildman–Crippen MR) is 74.9 cm³/mol. The molecule has 2 heteroatoms. The van der Waals surface area contributed by atoms with E-state index in [9.17, 15) is 10.4 Å². The van der Waals surface area contributed by atoms with Crippen molar-refractivity contribution >= 4 is 0 Å². The molecule has 1 aliphatic rings. The molecule has 0 aliphatic heterocycles. The Bertz CT molecular complexity index is 335. The summed E-state index contributed by atoms with van der Waals surface area (Å²) in [6, 6.07) is 2.40. The average molecular weight is 249 g/mol. The Morgan fingerprint density at radius 2 is 1.94 bits per heavy atom. The molecule has 18 heavy (non-hydrogen) atoms. The molecular weight excluding hydrogens is 222 g/mol. The van der Waals surface area contributed by atoms with Crippen molar-refractivity contribution in [3.8, 4) is 6.07 Å². The van der Waals surface area contributed by atoms with E-state index in [4.69, 9.17) is 0 Å². The third-order valence-electron chi connectivity index (χ3n) is 4.99. The summed E-state index contributed by atoms with van der Waals surface area (Å²) in [6.45, 7) is 8.03. The number of nitriles is 1. The summed E-state index contributed by atoms with van der Waals surface area (Å²) >= 11 is 0. The Balaban J connectivity index is 2.89. The van der Waals surface area contributed by atoms with Gasteiger partial charge in [-0.15, -0.1) is 0 Å². The van der Waals surface area contributed by atoms with Crippen molar-refractivity contribution in [2.24, 2.45) is 17.3 Å². The summed E-state index contributed by atoms with van der Waals surface area (Å²) < 4.78 is 0. The highest BCUT2D eigenvalue weighted by atomic mass is 16.3. The number of hydrogen-bond donors (Lipinski definition) is 1. The summed E-state index contributed by atoms with van der Waals surface area (Å²) in [5.74, 6) is 0.403. The normalized spacial score (nSPS) is 25.0. The van der Waals surface area contributed by atoms with E-state index in [1.807, 2.05) is 26.8 Å². The number of aliphatic hydroxyl groups excluding tert-OH is 1. The molecule has 0 heterocycles. The van der Waals surface area contributed by atoms with Crippen LogP contribution in [-0.2, 0) is 0 Å². The molecule has 0 saturated heterocycles. The van der Waals surface area contributed by atoms with E-state index in [0.717, 1.165) is 12.8 Å². The van der Waals surface area contributed by atoms with Gasteiger partial charge in [-0.05, 0) is 45.4 Å². The van der Waals surface area contributed by atoms with Gasteiger partial charge in [-0.2, -0.15) is 5.26 Å². The zero-order chi connectivity index (χ0) is 13.8. The van der Waals surface area contributed by atoms with Crippen molar-refractivity contribution < 1.29 is 5.11 Å². The lowest BCUT2D eigenvalue weighted by Gasteiger charge is -2.39. The molecule has 0 spiro atoms. The quantitative estimate of drug-likeness (QED) is 0.764. The highest BCUT2D eigenvalue weighted by Crippen LogP contribution is 2.41. The topological polar surface area (TPSA) is 44.0 Å². The van der Waals surface area contributed by atoms with Crippen molar-refractivity contribution in [2.45, 2.75) is 65.9 Å². The summed E-state index contributed by atoms with van der Waals surface area (Å²) in [5, 5.41) is 20.2. The third-order valence-corrected chi connectivity index (χ3v) is 4.99. The SMILES string of the molecule is C/C=C(\C)[C@H](C)[C@@](C)(C#N)C(O)C1CCCCC1. The van der Waals surface area contributed by atoms with E-state index in [2.05, 4.69) is 13.0 Å². The highest BCUT2D eigenvalue weighted by Gasteiger charge is 2.43. The molecule has 1 aliphatic carbocycles. The van der Waals surface area contributed by atoms with Crippen LogP contribution >= 0.6 is 0 Å². The van der Waals surface area contributed by atoms with Crippen LogP contribution in [0, 0.1) is 28.6 Å². The van der Waals surface area contributed by atoms with Crippen LogP contribution < -0.4 is 0 Å². The van der Waals surface area contributed by atoms with Gasteiger partial charge in [0.25, 0.3) is 0 Å². The van der Waals surface area contributed by atoms with E-state index in [1.165, 1.54) is 24.8 Å². The maximum Gasteiger partial charge on any atom is 0.0869 e. The summed E-state index contributed by atoms with van der Waals surface area (Å²) in [6.07, 6.45) is 7.34. The number of hydrogen-bond acceptors (Lipinski definition) is 2. The van der Waals surface area contributed by atoms with Gasteiger partial charge in [0, 0.05) is 0 Å². The smallest absolute Gasteiger partial charge is 0.0869 e. The van der Waals surface area contributed by atoms with Gasteiger partial charge in [0.1, 0.15) is 0 Å². The third kappa shape index (κ3) is 2.95. The van der Waals surface area contributed by atoms with Gasteiger partial charge in [0.05, 0.1) is 17.6 Å². The molecule has 102 valence electrons. The lowest BCUT2D eigenvalue weighted by Crippen LogP contribution is -2.43. The first kappa shape index (κ1) is 15.2. The fourth-order valence-electron chi connectivity index (χ4n) is 3.08. The Kier molecular flexibility index (Phi) is 5.41. The minimum atomic E-state index is -0.668. The van der Waals surface area contributed by atoms with Crippen LogP contribution in [0.1, 0.15) is 59.8 Å². The molecular formula is C16H27NO. The maximum atomic E-state index is 10.7. The van der Waals surface area contributed by atoms with E-state index in [-0.39, 0.29) is 5.92 Å². The second-order valence-corrected chi connectivity index (χ2v) is 5.99. The zero-order valence-corrected chi connectivity index (χ0v) is 12.2. The van der Waals surface area contributed by atoms with Crippen LogP contribution in [0.4, 0.5) is 0 Å². The minimum Gasteiger partial charge on any atom is -0.391 e. The predicted octanol–water partition coefficient (Wildman–Crippen LogP) is 4.06. The molecule has 0 aromatic carbocycles. The number of allylic oxidation sites excluding steroid dienone is 2. The van der Waals surface area contributed by atoms with Gasteiger partial charge in [-0.3, -0.25) is 0 Å². The maximum absolute atomic E-state index is 10.7. The first-order valence-corrected chi connectivity index (χ1v) is 7.19. The van der Waals surface area contributed by atoms with E-state index in [0.29, 0.717) is 5.92 Å². The molecule has 1 fully saturated rings. The summed E-state index contributed by atoms with van der Waals surface area (Å²) in [7, 11) is 0. The standard InChI is InChI=1S/C16H27NO/c1-5-12(2)13(3)16(4,11-17)15(18)14-9-7-6-8-10-14/h5,13-15,18H,6-10H2,1-4H3/b12-5+/t13-,15?,16+/m0/s1. The van der Waals surface area contributed by atoms with Crippen LogP contribution in [0.3, 0.4) is 0 Å². The second-order valence-electron chi connectivity index (χ2n) is 5.99. The molecule has 0 aromatic heterocycles. The molecule has 0 radical (unpaired) electrons. The first-order valence-electron chi connectivity index (χ1n) is 7.19. The van der Waals surface area contributed by atoms with Crippen molar-refractivity contribution in [2.75, 3.05) is 0 Å². The Hall–Kier alpha value is -0.810. The van der Waals surface area contributed by atoms with Crippen molar-refractivity contribution in [3.05, 3.63) is 11.6 Å². The van der Waals surface area contributed by atoms with Crippen LogP contribution in [0.25, 0.3) is 0 Å². The van der Waals surface area contributed by atoms with Gasteiger partial charge in [-0.1, -0.05) is 37.8 Å². The van der Waals surface area contributed by atoms with Crippen molar-refractivity contribution in [1.29, 1.82) is 5.26 Å². The molecule has 2 nitrogen and oxygen atoms in total. The van der Waals surface area contributed by atoms with E-state index >= 15 is 0 Å². The molecule has 0 aromatic rings. The molecule has 1 saturated carbocycles. The molecule has 1 N–H and O–H groups in total. The van der Waals surface area contributed by atoms with Crippen LogP contribution in [0.5, 0.6) is 0 Å². The molecule has 0 bridgehead atoms. The molecule has 1 unspecified atom stereocenters. The Morgan fingerprint density at radius 1 is 1.39 bits per heavy atom. The Labute approximate surface area is 112 Å². The molecule has 1 rings (SSSR count). The van der Waals surface area contributed by atoms with Gasteiger partial charge in [-0.25, -0.2) is 0 Å². The lowest BCUT2D eigenvalue weighted by atomic mass is 9.66. The summed E-state index contributed by atoms with van der Waals surface area (Å²) in [5.41, 5.74) is 0.521. The zero-order valence-electron chi connectivity index (χ0n) is 12.2. The largest absolute Gasteiger partial charge is 0.391 e. The second kappa shape index (κ2) is 6.38. The van der Waals surface area contributed by atoms with Crippen LogP contribution in [0.15, 0.2) is 11.6 Å². The van der Waals surface area contributed by atoms with Crippen molar-refractivity contribution in [1.82, 2.24) is 0 Å². The fourth-order valence-corrected chi connectivity index (χ4v) is 3.08. The highest BCUT2D eigenvalue weighted by molar-refractivity contribution is 5.15. The van der Waals surface area contributed by atoms with Crippen LogP contribution in [-0.4, -0.2) is 11.2 Å². The minimum absolute atomic E-state index is 0.101. The average Bonchev–Trinajstić information content (AvgIpc) is 2.44. The number of rotatable bonds is 4. The van der Waals surface area contributed by atoms with Crippen molar-refractivity contribution in [3.63, 3.8) is 0 Å². The number of nitrogens with zero attached hydrogens (tertiary/aromatic N) is 1. The molecule has 3 atom stereocenters. The van der Waals surface area contributed by atoms with E-state index in [1.54, 1.807) is 0 Å². The summed E-state index contributed by atoms with van der Waals surface area (Å²) in [4.78, 5) is 0. The van der Waals surface area contributed by atoms with Gasteiger partial charge < -0.3 is 5.11 Å². The van der Waals surface area contributed by atoms with Crippen LogP contribution in [0.2, 0.25) is 0 Å². The van der Waals surface area contributed by atoms with Gasteiger partial charge in [0.2, 0.25) is 0 Å². The fraction of sp³-hybridized carbons (Fsp3) is 0.812. The Morgan fingerprint density at radius 3 is 2.39 bits per heavy atom.